The van der Waals surface area contributed by atoms with Crippen molar-refractivity contribution in [2.24, 2.45) is 13.0 Å². The van der Waals surface area contributed by atoms with Crippen LogP contribution < -0.4 is 5.32 Å². The fourth-order valence-electron chi connectivity index (χ4n) is 2.86. The Labute approximate surface area is 120 Å². The number of hydrogen-bond acceptors (Lipinski definition) is 3. The number of aromatic nitrogens is 3. The molecule has 20 heavy (non-hydrogen) atoms. The van der Waals surface area contributed by atoms with Gasteiger partial charge < -0.3 is 5.32 Å². The van der Waals surface area contributed by atoms with E-state index in [1.54, 1.807) is 0 Å². The molecule has 0 bridgehead atoms. The lowest BCUT2D eigenvalue weighted by atomic mass is 10.1. The van der Waals surface area contributed by atoms with Crippen molar-refractivity contribution in [3.05, 3.63) is 23.5 Å². The summed E-state index contributed by atoms with van der Waals surface area (Å²) in [7, 11) is 1.95. The second kappa shape index (κ2) is 5.52. The maximum atomic E-state index is 4.54. The van der Waals surface area contributed by atoms with Gasteiger partial charge in [-0.25, -0.2) is 4.98 Å². The summed E-state index contributed by atoms with van der Waals surface area (Å²) in [5.41, 5.74) is 3.28. The number of pyridine rings is 1. The van der Waals surface area contributed by atoms with E-state index < -0.39 is 0 Å². The maximum Gasteiger partial charge on any atom is 0.157 e. The van der Waals surface area contributed by atoms with Gasteiger partial charge in [-0.1, -0.05) is 19.8 Å². The van der Waals surface area contributed by atoms with Gasteiger partial charge in [0.1, 0.15) is 0 Å². The molecule has 4 heteroatoms. The molecule has 2 aromatic rings. The minimum Gasteiger partial charge on any atom is -0.310 e. The molecule has 2 aromatic heterocycles. The molecule has 4 nitrogen and oxygen atoms in total. The minimum absolute atomic E-state index is 0.646. The van der Waals surface area contributed by atoms with Crippen LogP contribution in [0.15, 0.2) is 12.3 Å². The summed E-state index contributed by atoms with van der Waals surface area (Å²) in [5.74, 6) is 0.980. The van der Waals surface area contributed by atoms with Crippen LogP contribution in [0.4, 0.5) is 0 Å². The summed E-state index contributed by atoms with van der Waals surface area (Å²) in [6, 6.07) is 2.87. The first-order valence-corrected chi connectivity index (χ1v) is 7.69. The lowest BCUT2D eigenvalue weighted by Gasteiger charge is -2.16. The van der Waals surface area contributed by atoms with Crippen molar-refractivity contribution in [1.29, 1.82) is 0 Å². The highest BCUT2D eigenvalue weighted by Gasteiger charge is 2.24. The smallest absolute Gasteiger partial charge is 0.157 e. The van der Waals surface area contributed by atoms with Crippen molar-refractivity contribution in [1.82, 2.24) is 20.1 Å². The Morgan fingerprint density at radius 2 is 2.25 bits per heavy atom. The third-order valence-electron chi connectivity index (χ3n) is 4.32. The molecular weight excluding hydrogens is 248 g/mol. The molecule has 0 amide bonds. The molecule has 1 unspecified atom stereocenters. The van der Waals surface area contributed by atoms with E-state index in [-0.39, 0.29) is 0 Å². The zero-order chi connectivity index (χ0) is 14.1. The molecule has 0 aromatic carbocycles. The molecule has 0 radical (unpaired) electrons. The highest BCUT2D eigenvalue weighted by molar-refractivity contribution is 5.78. The zero-order valence-corrected chi connectivity index (χ0v) is 12.7. The number of fused-ring (bicyclic) bond motifs is 1. The first-order valence-electron chi connectivity index (χ1n) is 7.69. The van der Waals surface area contributed by atoms with Crippen molar-refractivity contribution in [3.8, 4) is 0 Å². The Balaban J connectivity index is 1.68. The van der Waals surface area contributed by atoms with Crippen LogP contribution in [0.25, 0.3) is 11.0 Å². The minimum atomic E-state index is 0.646. The van der Waals surface area contributed by atoms with E-state index in [1.165, 1.54) is 36.6 Å². The van der Waals surface area contributed by atoms with Crippen molar-refractivity contribution >= 4 is 11.0 Å². The van der Waals surface area contributed by atoms with Crippen molar-refractivity contribution in [2.45, 2.75) is 52.1 Å². The van der Waals surface area contributed by atoms with Gasteiger partial charge >= 0.3 is 0 Å². The van der Waals surface area contributed by atoms with Gasteiger partial charge in [0, 0.05) is 31.2 Å². The van der Waals surface area contributed by atoms with E-state index in [2.05, 4.69) is 28.4 Å². The Bertz CT molecular complexity index is 598. The van der Waals surface area contributed by atoms with E-state index >= 15 is 0 Å². The number of nitrogens with zero attached hydrogens (tertiary/aromatic N) is 3. The second-order valence-corrected chi connectivity index (χ2v) is 6.09. The summed E-state index contributed by atoms with van der Waals surface area (Å²) < 4.78 is 1.85. The highest BCUT2D eigenvalue weighted by atomic mass is 15.3. The molecule has 1 fully saturated rings. The topological polar surface area (TPSA) is 42.7 Å². The number of aryl methyl sites for hydroxylation is 2. The van der Waals surface area contributed by atoms with Crippen LogP contribution in [-0.4, -0.2) is 20.8 Å². The highest BCUT2D eigenvalue weighted by Crippen LogP contribution is 2.34. The van der Waals surface area contributed by atoms with Crippen LogP contribution in [0.3, 0.4) is 0 Å². The molecule has 1 saturated carbocycles. The molecule has 2 heterocycles. The van der Waals surface area contributed by atoms with Gasteiger partial charge in [-0.2, -0.15) is 5.10 Å². The van der Waals surface area contributed by atoms with Crippen LogP contribution in [0.5, 0.6) is 0 Å². The Morgan fingerprint density at radius 3 is 2.95 bits per heavy atom. The Morgan fingerprint density at radius 1 is 1.45 bits per heavy atom. The molecule has 1 aliphatic carbocycles. The molecule has 1 atom stereocenters. The lowest BCUT2D eigenvalue weighted by Crippen LogP contribution is -2.28. The first-order chi connectivity index (χ1) is 9.67. The van der Waals surface area contributed by atoms with Crippen molar-refractivity contribution < 1.29 is 0 Å². The molecule has 1 aliphatic rings. The average Bonchev–Trinajstić information content (AvgIpc) is 3.22. The van der Waals surface area contributed by atoms with Crippen LogP contribution in [0.1, 0.15) is 43.9 Å². The van der Waals surface area contributed by atoms with Gasteiger partial charge in [-0.05, 0) is 37.3 Å². The van der Waals surface area contributed by atoms with E-state index in [1.807, 2.05) is 24.9 Å². The van der Waals surface area contributed by atoms with Crippen molar-refractivity contribution in [3.63, 3.8) is 0 Å². The Hall–Kier alpha value is -1.42. The van der Waals surface area contributed by atoms with E-state index in [0.29, 0.717) is 6.04 Å². The van der Waals surface area contributed by atoms with Gasteiger partial charge in [0.15, 0.2) is 5.65 Å². The standard InChI is InChI=1S/C16H24N4/c1-4-14(7-12-5-6-12)17-9-13-8-15-11(2)19-20(3)16(15)18-10-13/h8,10,12,14,17H,4-7,9H2,1-3H3. The SMILES string of the molecule is CCC(CC1CC1)NCc1cnc2c(c1)c(C)nn2C. The molecule has 1 N–H and O–H groups in total. The van der Waals surface area contributed by atoms with Gasteiger partial charge in [0.05, 0.1) is 5.69 Å². The summed E-state index contributed by atoms with van der Waals surface area (Å²) in [5, 5.41) is 9.27. The van der Waals surface area contributed by atoms with Crippen LogP contribution >= 0.6 is 0 Å². The zero-order valence-electron chi connectivity index (χ0n) is 12.7. The van der Waals surface area contributed by atoms with E-state index in [9.17, 15) is 0 Å². The second-order valence-electron chi connectivity index (χ2n) is 6.09. The summed E-state index contributed by atoms with van der Waals surface area (Å²) >= 11 is 0. The summed E-state index contributed by atoms with van der Waals surface area (Å²) in [6.45, 7) is 5.22. The van der Waals surface area contributed by atoms with Crippen LogP contribution in [-0.2, 0) is 13.6 Å². The number of nitrogens with one attached hydrogen (secondary N) is 1. The first kappa shape index (κ1) is 13.6. The molecule has 0 aliphatic heterocycles. The quantitative estimate of drug-likeness (QED) is 0.879. The van der Waals surface area contributed by atoms with Crippen molar-refractivity contribution in [2.75, 3.05) is 0 Å². The predicted octanol–water partition coefficient (Wildman–Crippen LogP) is 2.95. The van der Waals surface area contributed by atoms with Gasteiger partial charge in [0.25, 0.3) is 0 Å². The van der Waals surface area contributed by atoms with E-state index in [0.717, 1.165) is 23.8 Å². The van der Waals surface area contributed by atoms with Gasteiger partial charge in [0.2, 0.25) is 0 Å². The van der Waals surface area contributed by atoms with Crippen LogP contribution in [0, 0.1) is 12.8 Å². The third-order valence-corrected chi connectivity index (χ3v) is 4.32. The lowest BCUT2D eigenvalue weighted by molar-refractivity contribution is 0.445. The fourth-order valence-corrected chi connectivity index (χ4v) is 2.86. The Kier molecular flexibility index (Phi) is 3.74. The van der Waals surface area contributed by atoms with Gasteiger partial charge in [-0.15, -0.1) is 0 Å². The van der Waals surface area contributed by atoms with E-state index in [4.69, 9.17) is 0 Å². The molecule has 3 rings (SSSR count). The molecule has 108 valence electrons. The largest absolute Gasteiger partial charge is 0.310 e. The molecular formula is C16H24N4. The molecule has 0 spiro atoms. The number of hydrogen-bond donors (Lipinski definition) is 1. The summed E-state index contributed by atoms with van der Waals surface area (Å²) in [4.78, 5) is 4.54. The summed E-state index contributed by atoms with van der Waals surface area (Å²) in [6.07, 6.45) is 7.37. The molecule has 0 saturated heterocycles. The average molecular weight is 272 g/mol. The predicted molar refractivity (Wildman–Crippen MR) is 81.5 cm³/mol. The normalized spacial score (nSPS) is 16.8. The fraction of sp³-hybridized carbons (Fsp3) is 0.625. The van der Waals surface area contributed by atoms with Crippen LogP contribution in [0.2, 0.25) is 0 Å². The third kappa shape index (κ3) is 2.85. The van der Waals surface area contributed by atoms with Gasteiger partial charge in [-0.3, -0.25) is 4.68 Å². The monoisotopic (exact) mass is 272 g/mol. The maximum absolute atomic E-state index is 4.54. The number of rotatable bonds is 6.